The number of imidazole rings is 1. The smallest absolute Gasteiger partial charge is 0.326 e. The summed E-state index contributed by atoms with van der Waals surface area (Å²) in [6.07, 6.45) is 4.80. The monoisotopic (exact) mass is 529 g/mol. The number of hydrogen-bond acceptors (Lipinski definition) is 7. The maximum Gasteiger partial charge on any atom is 0.326 e. The van der Waals surface area contributed by atoms with E-state index >= 15 is 0 Å². The summed E-state index contributed by atoms with van der Waals surface area (Å²) in [5.74, 6) is -3.22. The van der Waals surface area contributed by atoms with Crippen LogP contribution in [-0.4, -0.2) is 69.5 Å². The fourth-order valence-electron chi connectivity index (χ4n) is 3.86. The number of nitrogens with zero attached hydrogens (tertiary/aromatic N) is 1. The molecule has 0 radical (unpaired) electrons. The van der Waals surface area contributed by atoms with Crippen LogP contribution in [0.15, 0.2) is 42.9 Å². The van der Waals surface area contributed by atoms with Gasteiger partial charge in [0.2, 0.25) is 17.7 Å². The molecular formula is C26H39N7O5. The van der Waals surface area contributed by atoms with E-state index in [9.17, 15) is 24.3 Å². The quantitative estimate of drug-likeness (QED) is 0.145. The molecule has 0 saturated carbocycles. The molecule has 3 amide bonds. The molecule has 0 fully saturated rings. The number of hydrogen-bond donors (Lipinski definition) is 7. The van der Waals surface area contributed by atoms with Gasteiger partial charge in [0.15, 0.2) is 0 Å². The van der Waals surface area contributed by atoms with E-state index in [1.807, 2.05) is 6.07 Å². The lowest BCUT2D eigenvalue weighted by Crippen LogP contribution is -2.58. The highest BCUT2D eigenvalue weighted by molar-refractivity contribution is 5.94. The largest absolute Gasteiger partial charge is 0.480 e. The van der Waals surface area contributed by atoms with E-state index in [2.05, 4.69) is 25.9 Å². The number of nitrogens with one attached hydrogen (secondary N) is 4. The summed E-state index contributed by atoms with van der Waals surface area (Å²) in [4.78, 5) is 57.8. The zero-order valence-electron chi connectivity index (χ0n) is 21.9. The Morgan fingerprint density at radius 3 is 2.21 bits per heavy atom. The minimum atomic E-state index is -1.19. The third-order valence-electron chi connectivity index (χ3n) is 6.04. The summed E-state index contributed by atoms with van der Waals surface area (Å²) in [7, 11) is 0. The van der Waals surface area contributed by atoms with Crippen LogP contribution in [0.5, 0.6) is 0 Å². The van der Waals surface area contributed by atoms with E-state index in [4.69, 9.17) is 11.5 Å². The molecule has 1 aromatic carbocycles. The first kappa shape index (κ1) is 30.5. The standard InChI is InChI=1S/C26H39N7O5/c1-16(2)22(33-23(34)19(28)13-18-14-29-15-30-18)25(36)31-20(10-6-7-11-27)24(35)32-21(26(37)38)12-17-8-4-3-5-9-17/h3-5,8-9,14-16,19-22H,6-7,10-13,27-28H2,1-2H3,(H,29,30)(H,31,36)(H,32,35)(H,33,34)(H,37,38)/t19-,20-,21-,22-/m0/s1. The molecule has 0 aliphatic heterocycles. The first-order valence-electron chi connectivity index (χ1n) is 12.7. The second kappa shape index (κ2) is 15.5. The molecule has 2 rings (SSSR count). The summed E-state index contributed by atoms with van der Waals surface area (Å²) in [6, 6.07) is 4.85. The van der Waals surface area contributed by atoms with Crippen molar-refractivity contribution in [3.63, 3.8) is 0 Å². The van der Waals surface area contributed by atoms with Crippen molar-refractivity contribution in [3.8, 4) is 0 Å². The molecule has 0 unspecified atom stereocenters. The van der Waals surface area contributed by atoms with Crippen LogP contribution in [0.1, 0.15) is 44.4 Å². The highest BCUT2D eigenvalue weighted by Crippen LogP contribution is 2.09. The molecule has 1 aromatic heterocycles. The second-order valence-electron chi connectivity index (χ2n) is 9.54. The molecule has 12 heteroatoms. The van der Waals surface area contributed by atoms with E-state index in [0.717, 1.165) is 5.56 Å². The number of carbonyl (C=O) groups is 4. The SMILES string of the molecule is CC(C)[C@H](NC(=O)[C@@H](N)Cc1c[nH]cn1)C(=O)N[C@@H](CCCCN)C(=O)N[C@@H](Cc1ccccc1)C(=O)O. The fourth-order valence-corrected chi connectivity index (χ4v) is 3.86. The molecule has 12 nitrogen and oxygen atoms in total. The predicted octanol–water partition coefficient (Wildman–Crippen LogP) is -0.154. The highest BCUT2D eigenvalue weighted by atomic mass is 16.4. The number of carboxylic acid groups (broad SMARTS) is 1. The van der Waals surface area contributed by atoms with Crippen LogP contribution >= 0.6 is 0 Å². The van der Waals surface area contributed by atoms with Crippen LogP contribution in [0.4, 0.5) is 0 Å². The van der Waals surface area contributed by atoms with Crippen LogP contribution in [0.3, 0.4) is 0 Å². The maximum absolute atomic E-state index is 13.2. The van der Waals surface area contributed by atoms with E-state index in [0.29, 0.717) is 25.1 Å². The number of carbonyl (C=O) groups excluding carboxylic acids is 3. The van der Waals surface area contributed by atoms with Gasteiger partial charge in [-0.05, 0) is 37.3 Å². The zero-order valence-corrected chi connectivity index (χ0v) is 21.9. The summed E-state index contributed by atoms with van der Waals surface area (Å²) in [5, 5.41) is 17.6. The predicted molar refractivity (Wildman–Crippen MR) is 142 cm³/mol. The number of aliphatic carboxylic acids is 1. The topological polar surface area (TPSA) is 205 Å². The minimum absolute atomic E-state index is 0.0872. The number of H-pyrrole nitrogens is 1. The Kier molecular flexibility index (Phi) is 12.4. The van der Waals surface area contributed by atoms with Crippen molar-refractivity contribution in [1.82, 2.24) is 25.9 Å². The van der Waals surface area contributed by atoms with E-state index in [1.54, 1.807) is 44.3 Å². The molecule has 2 aromatic rings. The van der Waals surface area contributed by atoms with Crippen LogP contribution < -0.4 is 27.4 Å². The summed E-state index contributed by atoms with van der Waals surface area (Å²) < 4.78 is 0. The van der Waals surface area contributed by atoms with Crippen LogP contribution in [0, 0.1) is 5.92 Å². The molecule has 1 heterocycles. The van der Waals surface area contributed by atoms with Gasteiger partial charge in [-0.3, -0.25) is 14.4 Å². The van der Waals surface area contributed by atoms with Gasteiger partial charge in [0, 0.05) is 19.0 Å². The Labute approximate surface area is 222 Å². The Bertz CT molecular complexity index is 1030. The molecule has 0 spiro atoms. The van der Waals surface area contributed by atoms with Gasteiger partial charge < -0.3 is 37.5 Å². The van der Waals surface area contributed by atoms with Gasteiger partial charge in [0.25, 0.3) is 0 Å². The highest BCUT2D eigenvalue weighted by Gasteiger charge is 2.31. The number of rotatable bonds is 16. The van der Waals surface area contributed by atoms with Crippen LogP contribution in [-0.2, 0) is 32.0 Å². The average molecular weight is 530 g/mol. The third-order valence-corrected chi connectivity index (χ3v) is 6.04. The van der Waals surface area contributed by atoms with Crippen molar-refractivity contribution < 1.29 is 24.3 Å². The van der Waals surface area contributed by atoms with Crippen molar-refractivity contribution in [3.05, 3.63) is 54.1 Å². The first-order valence-corrected chi connectivity index (χ1v) is 12.7. The van der Waals surface area contributed by atoms with Crippen molar-refractivity contribution in [2.75, 3.05) is 6.54 Å². The number of aromatic amines is 1. The lowest BCUT2D eigenvalue weighted by molar-refractivity contribution is -0.142. The summed E-state index contributed by atoms with van der Waals surface area (Å²) >= 11 is 0. The van der Waals surface area contributed by atoms with Crippen LogP contribution in [0.2, 0.25) is 0 Å². The molecule has 0 aliphatic carbocycles. The molecule has 208 valence electrons. The van der Waals surface area contributed by atoms with E-state index < -0.39 is 47.9 Å². The van der Waals surface area contributed by atoms with Gasteiger partial charge >= 0.3 is 5.97 Å². The lowest BCUT2D eigenvalue weighted by Gasteiger charge is -2.27. The molecule has 0 saturated heterocycles. The van der Waals surface area contributed by atoms with Crippen LogP contribution in [0.25, 0.3) is 0 Å². The van der Waals surface area contributed by atoms with Gasteiger partial charge in [0.05, 0.1) is 18.1 Å². The molecule has 38 heavy (non-hydrogen) atoms. The molecule has 4 atom stereocenters. The maximum atomic E-state index is 13.2. The normalized spacial score (nSPS) is 14.2. The minimum Gasteiger partial charge on any atom is -0.480 e. The lowest BCUT2D eigenvalue weighted by atomic mass is 10.0. The Morgan fingerprint density at radius 2 is 1.63 bits per heavy atom. The number of carboxylic acids is 1. The zero-order chi connectivity index (χ0) is 28.1. The number of benzene rings is 1. The second-order valence-corrected chi connectivity index (χ2v) is 9.54. The van der Waals surface area contributed by atoms with Gasteiger partial charge in [-0.2, -0.15) is 0 Å². The third kappa shape index (κ3) is 9.94. The van der Waals surface area contributed by atoms with Crippen molar-refractivity contribution in [2.24, 2.45) is 17.4 Å². The first-order chi connectivity index (χ1) is 18.1. The molecular weight excluding hydrogens is 490 g/mol. The molecule has 0 aliphatic rings. The van der Waals surface area contributed by atoms with Gasteiger partial charge in [-0.25, -0.2) is 9.78 Å². The fraction of sp³-hybridized carbons (Fsp3) is 0.500. The van der Waals surface area contributed by atoms with Gasteiger partial charge in [-0.1, -0.05) is 44.2 Å². The Hall–Kier alpha value is -3.77. The van der Waals surface area contributed by atoms with Crippen molar-refractivity contribution >= 4 is 23.7 Å². The van der Waals surface area contributed by atoms with Crippen molar-refractivity contribution in [2.45, 2.75) is 70.1 Å². The molecule has 0 bridgehead atoms. The Balaban J connectivity index is 2.09. The Morgan fingerprint density at radius 1 is 0.947 bits per heavy atom. The van der Waals surface area contributed by atoms with Gasteiger partial charge in [-0.15, -0.1) is 0 Å². The number of amides is 3. The summed E-state index contributed by atoms with van der Waals surface area (Å²) in [6.45, 7) is 3.92. The number of aromatic nitrogens is 2. The molecule has 9 N–H and O–H groups in total. The van der Waals surface area contributed by atoms with E-state index in [1.165, 1.54) is 6.33 Å². The van der Waals surface area contributed by atoms with Crippen molar-refractivity contribution in [1.29, 1.82) is 0 Å². The number of unbranched alkanes of at least 4 members (excludes halogenated alkanes) is 1. The number of nitrogens with two attached hydrogens (primary N) is 2. The van der Waals surface area contributed by atoms with E-state index in [-0.39, 0.29) is 25.2 Å². The van der Waals surface area contributed by atoms with Gasteiger partial charge in [0.1, 0.15) is 18.1 Å². The average Bonchev–Trinajstić information content (AvgIpc) is 3.39. The summed E-state index contributed by atoms with van der Waals surface area (Å²) in [5.41, 5.74) is 12.9.